The summed E-state index contributed by atoms with van der Waals surface area (Å²) in [6.45, 7) is 3.19. The number of carbonyl (C=O) groups excluding carboxylic acids is 2. The number of anilines is 2. The van der Waals surface area contributed by atoms with Gasteiger partial charge in [0.05, 0.1) is 0 Å². The fraction of sp³-hybridized carbons (Fsp3) is 0.381. The lowest BCUT2D eigenvalue weighted by Gasteiger charge is -2.34. The average Bonchev–Trinajstić information content (AvgIpc) is 2.75. The molecule has 2 aromatic rings. The number of hydrogen-bond donors (Lipinski definition) is 3. The average molecular weight is 476 g/mol. The highest BCUT2D eigenvalue weighted by molar-refractivity contribution is 7.80. The predicted octanol–water partition coefficient (Wildman–Crippen LogP) is 2.80. The summed E-state index contributed by atoms with van der Waals surface area (Å²) in [6.07, 6.45) is 3.02. The van der Waals surface area contributed by atoms with Crippen molar-refractivity contribution in [2.75, 3.05) is 37.8 Å². The molecule has 0 aliphatic carbocycles. The number of hydrogen-bond acceptors (Lipinski definition) is 7. The summed E-state index contributed by atoms with van der Waals surface area (Å²) < 4.78 is 20.0. The molecule has 1 aliphatic rings. The van der Waals surface area contributed by atoms with Gasteiger partial charge in [0.1, 0.15) is 12.1 Å². The Morgan fingerprint density at radius 3 is 2.61 bits per heavy atom. The van der Waals surface area contributed by atoms with Gasteiger partial charge in [-0.1, -0.05) is 0 Å². The number of nitrogens with one attached hydrogen (secondary N) is 3. The summed E-state index contributed by atoms with van der Waals surface area (Å²) in [6, 6.07) is 5.38. The Bertz CT molecular complexity index is 1030. The molecule has 0 atom stereocenters. The molecule has 0 bridgehead atoms. The Morgan fingerprint density at radius 2 is 1.94 bits per heavy atom. The number of nitrogens with zero attached hydrogens (tertiary/aromatic N) is 4. The molecule has 1 aromatic carbocycles. The summed E-state index contributed by atoms with van der Waals surface area (Å²) in [5.41, 5.74) is 0.339. The van der Waals surface area contributed by atoms with Crippen LogP contribution in [0.4, 0.5) is 20.7 Å². The van der Waals surface area contributed by atoms with Gasteiger partial charge in [-0.15, -0.1) is 0 Å². The second-order valence-electron chi connectivity index (χ2n) is 7.70. The van der Waals surface area contributed by atoms with Crippen LogP contribution in [0.5, 0.6) is 11.6 Å². The third kappa shape index (κ3) is 7.05. The van der Waals surface area contributed by atoms with Crippen molar-refractivity contribution in [1.82, 2.24) is 25.1 Å². The zero-order valence-electron chi connectivity index (χ0n) is 18.6. The minimum absolute atomic E-state index is 0.0527. The molecule has 1 fully saturated rings. The van der Waals surface area contributed by atoms with E-state index in [4.69, 9.17) is 17.0 Å². The van der Waals surface area contributed by atoms with Gasteiger partial charge in [-0.25, -0.2) is 19.2 Å². The van der Waals surface area contributed by atoms with E-state index >= 15 is 0 Å². The molecule has 12 heteroatoms. The van der Waals surface area contributed by atoms with E-state index in [0.717, 1.165) is 25.9 Å². The van der Waals surface area contributed by atoms with E-state index < -0.39 is 5.82 Å². The Balaban J connectivity index is 1.61. The van der Waals surface area contributed by atoms with Crippen LogP contribution in [0.1, 0.15) is 19.8 Å². The van der Waals surface area contributed by atoms with E-state index in [1.54, 1.807) is 11.9 Å². The van der Waals surface area contributed by atoms with Gasteiger partial charge in [0, 0.05) is 37.8 Å². The van der Waals surface area contributed by atoms with Crippen LogP contribution in [0.25, 0.3) is 0 Å². The van der Waals surface area contributed by atoms with Crippen LogP contribution >= 0.6 is 12.2 Å². The molecule has 176 valence electrons. The molecule has 1 aliphatic heterocycles. The molecular weight excluding hydrogens is 449 g/mol. The second-order valence-corrected chi connectivity index (χ2v) is 8.11. The quantitative estimate of drug-likeness (QED) is 0.566. The van der Waals surface area contributed by atoms with Crippen LogP contribution in [-0.4, -0.2) is 70.0 Å². The highest BCUT2D eigenvalue weighted by Gasteiger charge is 2.24. The fourth-order valence-corrected chi connectivity index (χ4v) is 3.57. The number of thiocarbonyl (C=S) groups is 1. The van der Waals surface area contributed by atoms with E-state index in [0.29, 0.717) is 5.69 Å². The molecule has 3 rings (SSSR count). The standard InChI is InChI=1S/C21H26FN7O3S/c1-13(30)25-20(33)26-14-4-5-17(16(22)10-14)32-19-11-18(23-12-24-19)27-21(31)29(3)15-6-8-28(2)9-7-15/h4-5,10-12,15H,6-9H2,1-3H3,(H,23,24,27,31)(H2,25,26,30,33). The van der Waals surface area contributed by atoms with Crippen molar-refractivity contribution >= 4 is 40.8 Å². The normalized spacial score (nSPS) is 14.3. The van der Waals surface area contributed by atoms with Gasteiger partial charge in [-0.05, 0) is 57.3 Å². The number of amides is 3. The van der Waals surface area contributed by atoms with Crippen molar-refractivity contribution < 1.29 is 18.7 Å². The largest absolute Gasteiger partial charge is 0.436 e. The van der Waals surface area contributed by atoms with Crippen LogP contribution in [-0.2, 0) is 4.79 Å². The molecule has 3 N–H and O–H groups in total. The summed E-state index contributed by atoms with van der Waals surface area (Å²) in [7, 11) is 3.82. The molecular formula is C21H26FN7O3S. The van der Waals surface area contributed by atoms with Gasteiger partial charge in [-0.3, -0.25) is 10.1 Å². The van der Waals surface area contributed by atoms with Gasteiger partial charge in [0.2, 0.25) is 11.8 Å². The first-order valence-electron chi connectivity index (χ1n) is 10.3. The molecule has 1 aromatic heterocycles. The number of ether oxygens (including phenoxy) is 1. The van der Waals surface area contributed by atoms with E-state index in [9.17, 15) is 14.0 Å². The predicted molar refractivity (Wildman–Crippen MR) is 126 cm³/mol. The third-order valence-electron chi connectivity index (χ3n) is 5.13. The number of halogens is 1. The minimum Gasteiger partial charge on any atom is -0.436 e. The van der Waals surface area contributed by atoms with E-state index in [2.05, 4.69) is 37.9 Å². The van der Waals surface area contributed by atoms with Crippen molar-refractivity contribution in [1.29, 1.82) is 0 Å². The van der Waals surface area contributed by atoms with Crippen molar-refractivity contribution in [2.24, 2.45) is 0 Å². The molecule has 0 spiro atoms. The maximum atomic E-state index is 14.5. The number of aromatic nitrogens is 2. The van der Waals surface area contributed by atoms with E-state index in [1.165, 1.54) is 37.5 Å². The molecule has 2 heterocycles. The van der Waals surface area contributed by atoms with Gasteiger partial charge in [-0.2, -0.15) is 0 Å². The fourth-order valence-electron chi connectivity index (χ4n) is 3.31. The zero-order chi connectivity index (χ0) is 24.0. The maximum absolute atomic E-state index is 14.5. The van der Waals surface area contributed by atoms with Crippen molar-refractivity contribution in [3.8, 4) is 11.6 Å². The summed E-state index contributed by atoms with van der Waals surface area (Å²) in [5, 5.41) is 7.87. The molecule has 3 amide bonds. The van der Waals surface area contributed by atoms with Crippen LogP contribution in [0.3, 0.4) is 0 Å². The van der Waals surface area contributed by atoms with E-state index in [1.807, 2.05) is 0 Å². The van der Waals surface area contributed by atoms with Crippen molar-refractivity contribution in [3.63, 3.8) is 0 Å². The minimum atomic E-state index is -0.670. The number of likely N-dealkylation sites (tertiary alicyclic amines) is 1. The number of carbonyl (C=O) groups is 2. The summed E-state index contributed by atoms with van der Waals surface area (Å²) in [4.78, 5) is 35.5. The van der Waals surface area contributed by atoms with Crippen LogP contribution in [0.2, 0.25) is 0 Å². The third-order valence-corrected chi connectivity index (χ3v) is 5.33. The molecule has 1 saturated heterocycles. The van der Waals surface area contributed by atoms with Crippen molar-refractivity contribution in [2.45, 2.75) is 25.8 Å². The first-order valence-corrected chi connectivity index (χ1v) is 10.7. The van der Waals surface area contributed by atoms with Gasteiger partial charge in [0.25, 0.3) is 0 Å². The number of benzene rings is 1. The highest BCUT2D eigenvalue weighted by atomic mass is 32.1. The lowest BCUT2D eigenvalue weighted by Crippen LogP contribution is -2.46. The Kier molecular flexibility index (Phi) is 8.06. The summed E-state index contributed by atoms with van der Waals surface area (Å²) in [5.74, 6) is -0.779. The van der Waals surface area contributed by atoms with Gasteiger partial charge < -0.3 is 25.2 Å². The van der Waals surface area contributed by atoms with E-state index in [-0.39, 0.29) is 40.5 Å². The Hall–Kier alpha value is -3.38. The van der Waals surface area contributed by atoms with Gasteiger partial charge >= 0.3 is 6.03 Å². The van der Waals surface area contributed by atoms with Gasteiger partial charge in [0.15, 0.2) is 16.7 Å². The Labute approximate surface area is 196 Å². The maximum Gasteiger partial charge on any atom is 0.323 e. The van der Waals surface area contributed by atoms with Crippen LogP contribution in [0.15, 0.2) is 30.6 Å². The lowest BCUT2D eigenvalue weighted by atomic mass is 10.0. The Morgan fingerprint density at radius 1 is 1.21 bits per heavy atom. The molecule has 10 nitrogen and oxygen atoms in total. The molecule has 33 heavy (non-hydrogen) atoms. The van der Waals surface area contributed by atoms with Crippen LogP contribution < -0.4 is 20.7 Å². The number of piperidine rings is 1. The molecule has 0 radical (unpaired) electrons. The highest BCUT2D eigenvalue weighted by Crippen LogP contribution is 2.26. The van der Waals surface area contributed by atoms with Crippen LogP contribution in [0, 0.1) is 5.82 Å². The van der Waals surface area contributed by atoms with Crippen molar-refractivity contribution in [3.05, 3.63) is 36.4 Å². The second kappa shape index (κ2) is 11.0. The SMILES string of the molecule is CC(=O)NC(=S)Nc1ccc(Oc2cc(NC(=O)N(C)C3CCN(C)CC3)ncn2)c(F)c1. The first kappa shape index (κ1) is 24.3. The molecule has 0 saturated carbocycles. The number of urea groups is 1. The molecule has 0 unspecified atom stereocenters. The smallest absolute Gasteiger partial charge is 0.323 e. The number of rotatable bonds is 5. The first-order chi connectivity index (χ1) is 15.7. The lowest BCUT2D eigenvalue weighted by molar-refractivity contribution is -0.117. The topological polar surface area (TPSA) is 112 Å². The monoisotopic (exact) mass is 475 g/mol. The zero-order valence-corrected chi connectivity index (χ0v) is 19.4. The summed E-state index contributed by atoms with van der Waals surface area (Å²) >= 11 is 4.95.